The van der Waals surface area contributed by atoms with Gasteiger partial charge < -0.3 is 9.47 Å². The molecule has 2 aromatic heterocycles. The first-order chi connectivity index (χ1) is 13.3. The highest BCUT2D eigenvalue weighted by atomic mass is 32.1. The molecule has 0 spiro atoms. The fourth-order valence-electron chi connectivity index (χ4n) is 2.31. The van der Waals surface area contributed by atoms with Crippen molar-refractivity contribution in [3.8, 4) is 21.6 Å². The van der Waals surface area contributed by atoms with E-state index in [4.69, 9.17) is 9.47 Å². The van der Waals surface area contributed by atoms with Gasteiger partial charge >= 0.3 is 11.9 Å². The van der Waals surface area contributed by atoms with Crippen LogP contribution in [0, 0.1) is 23.7 Å². The second-order valence-electron chi connectivity index (χ2n) is 7.27. The van der Waals surface area contributed by atoms with Crippen LogP contribution in [0.15, 0.2) is 29.6 Å². The minimum absolute atomic E-state index is 0.0501. The zero-order valence-electron chi connectivity index (χ0n) is 16.7. The Morgan fingerprint density at radius 2 is 1.71 bits per heavy atom. The lowest BCUT2D eigenvalue weighted by atomic mass is 10.1. The Bertz CT molecular complexity index is 822. The standard InChI is InChI=1S/C22H26O4S2/c1-15(2)12-21(23)25-14-17(26-22(24)13-16(3)4)7-8-18-9-10-20(28-18)19-6-5-11-27-19/h5-6,9-11,15-17H,12-14H2,1-4H3. The zero-order valence-corrected chi connectivity index (χ0v) is 18.3. The van der Waals surface area contributed by atoms with Crippen molar-refractivity contribution in [2.45, 2.75) is 46.6 Å². The molecule has 0 saturated carbocycles. The summed E-state index contributed by atoms with van der Waals surface area (Å²) in [6, 6.07) is 8.06. The lowest BCUT2D eigenvalue weighted by Gasteiger charge is -2.14. The van der Waals surface area contributed by atoms with Gasteiger partial charge in [-0.3, -0.25) is 9.59 Å². The maximum Gasteiger partial charge on any atom is 0.307 e. The summed E-state index contributed by atoms with van der Waals surface area (Å²) in [5, 5.41) is 2.04. The summed E-state index contributed by atoms with van der Waals surface area (Å²) in [6.45, 7) is 7.74. The van der Waals surface area contributed by atoms with Crippen LogP contribution in [-0.2, 0) is 19.1 Å². The molecular formula is C22H26O4S2. The summed E-state index contributed by atoms with van der Waals surface area (Å²) in [5.41, 5.74) is 0. The van der Waals surface area contributed by atoms with Crippen LogP contribution in [0.4, 0.5) is 0 Å². The van der Waals surface area contributed by atoms with Crippen LogP contribution in [0.3, 0.4) is 0 Å². The van der Waals surface area contributed by atoms with Crippen molar-refractivity contribution in [1.82, 2.24) is 0 Å². The molecule has 28 heavy (non-hydrogen) atoms. The first-order valence-corrected chi connectivity index (χ1v) is 11.0. The molecule has 1 unspecified atom stereocenters. The van der Waals surface area contributed by atoms with Gasteiger partial charge in [-0.2, -0.15) is 0 Å². The van der Waals surface area contributed by atoms with Crippen LogP contribution < -0.4 is 0 Å². The summed E-state index contributed by atoms with van der Waals surface area (Å²) >= 11 is 3.26. The Balaban J connectivity index is 2.05. The fraction of sp³-hybridized carbons (Fsp3) is 0.455. The van der Waals surface area contributed by atoms with Gasteiger partial charge in [0, 0.05) is 22.6 Å². The maximum absolute atomic E-state index is 12.0. The monoisotopic (exact) mass is 418 g/mol. The second-order valence-corrected chi connectivity index (χ2v) is 9.30. The Kier molecular flexibility index (Phi) is 8.75. The van der Waals surface area contributed by atoms with E-state index in [1.54, 1.807) is 22.7 Å². The molecule has 0 aromatic carbocycles. The van der Waals surface area contributed by atoms with Crippen LogP contribution >= 0.6 is 22.7 Å². The summed E-state index contributed by atoms with van der Waals surface area (Å²) in [7, 11) is 0. The smallest absolute Gasteiger partial charge is 0.307 e. The molecule has 0 fully saturated rings. The largest absolute Gasteiger partial charge is 0.461 e. The van der Waals surface area contributed by atoms with Crippen molar-refractivity contribution in [3.05, 3.63) is 34.5 Å². The minimum atomic E-state index is -0.769. The van der Waals surface area contributed by atoms with Gasteiger partial charge in [0.2, 0.25) is 0 Å². The van der Waals surface area contributed by atoms with E-state index in [0.717, 1.165) is 9.75 Å². The fourth-order valence-corrected chi connectivity index (χ4v) is 4.02. The number of carbonyl (C=O) groups is 2. The highest BCUT2D eigenvalue weighted by Crippen LogP contribution is 2.31. The summed E-state index contributed by atoms with van der Waals surface area (Å²) in [4.78, 5) is 27.1. The molecule has 0 amide bonds. The number of carbonyl (C=O) groups excluding carboxylic acids is 2. The van der Waals surface area contributed by atoms with Gasteiger partial charge in [0.1, 0.15) is 6.61 Å². The van der Waals surface area contributed by atoms with E-state index < -0.39 is 6.10 Å². The first kappa shape index (κ1) is 22.2. The van der Waals surface area contributed by atoms with Crippen molar-refractivity contribution in [3.63, 3.8) is 0 Å². The van der Waals surface area contributed by atoms with Gasteiger partial charge in [0.15, 0.2) is 6.10 Å². The Morgan fingerprint density at radius 3 is 2.36 bits per heavy atom. The molecule has 0 aliphatic rings. The van der Waals surface area contributed by atoms with E-state index in [1.165, 1.54) is 4.88 Å². The molecule has 0 saturated heterocycles. The zero-order chi connectivity index (χ0) is 20.5. The molecule has 4 nitrogen and oxygen atoms in total. The van der Waals surface area contributed by atoms with Crippen molar-refractivity contribution >= 4 is 34.6 Å². The van der Waals surface area contributed by atoms with Crippen molar-refractivity contribution in [1.29, 1.82) is 0 Å². The van der Waals surface area contributed by atoms with Crippen LogP contribution in [0.2, 0.25) is 0 Å². The van der Waals surface area contributed by atoms with E-state index in [1.807, 2.05) is 51.3 Å². The summed E-state index contributed by atoms with van der Waals surface area (Å²) in [6.07, 6.45) is -0.135. The molecule has 0 N–H and O–H groups in total. The van der Waals surface area contributed by atoms with Crippen LogP contribution in [0.25, 0.3) is 9.75 Å². The summed E-state index contributed by atoms with van der Waals surface area (Å²) in [5.74, 6) is 5.77. The predicted molar refractivity (Wildman–Crippen MR) is 114 cm³/mol. The quantitative estimate of drug-likeness (QED) is 0.427. The molecule has 2 rings (SSSR count). The third kappa shape index (κ3) is 7.87. The topological polar surface area (TPSA) is 52.6 Å². The molecular weight excluding hydrogens is 392 g/mol. The lowest BCUT2D eigenvalue weighted by molar-refractivity contribution is -0.156. The molecule has 0 bridgehead atoms. The van der Waals surface area contributed by atoms with Crippen LogP contribution in [0.1, 0.15) is 45.4 Å². The van der Waals surface area contributed by atoms with Crippen molar-refractivity contribution < 1.29 is 19.1 Å². The molecule has 1 atom stereocenters. The SMILES string of the molecule is CC(C)CC(=O)OCC(C#Cc1ccc(-c2cccs2)s1)OC(=O)CC(C)C. The first-order valence-electron chi connectivity index (χ1n) is 9.33. The lowest BCUT2D eigenvalue weighted by Crippen LogP contribution is -2.25. The van der Waals surface area contributed by atoms with Crippen molar-refractivity contribution in [2.24, 2.45) is 11.8 Å². The van der Waals surface area contributed by atoms with E-state index >= 15 is 0 Å². The molecule has 6 heteroatoms. The van der Waals surface area contributed by atoms with E-state index in [9.17, 15) is 9.59 Å². The van der Waals surface area contributed by atoms with Gasteiger partial charge in [0.05, 0.1) is 4.88 Å². The molecule has 0 radical (unpaired) electrons. The minimum Gasteiger partial charge on any atom is -0.461 e. The Morgan fingerprint density at radius 1 is 1.00 bits per heavy atom. The van der Waals surface area contributed by atoms with Crippen molar-refractivity contribution in [2.75, 3.05) is 6.61 Å². The van der Waals surface area contributed by atoms with Gasteiger partial charge in [-0.25, -0.2) is 0 Å². The predicted octanol–water partition coefficient (Wildman–Crippen LogP) is 5.38. The molecule has 2 heterocycles. The van der Waals surface area contributed by atoms with Crippen LogP contribution in [0.5, 0.6) is 0 Å². The van der Waals surface area contributed by atoms with Gasteiger partial charge in [-0.1, -0.05) is 39.7 Å². The average Bonchev–Trinajstić information content (AvgIpc) is 3.27. The normalized spacial score (nSPS) is 11.8. The number of ether oxygens (including phenoxy) is 2. The van der Waals surface area contributed by atoms with Gasteiger partial charge in [-0.05, 0) is 41.3 Å². The van der Waals surface area contributed by atoms with Crippen LogP contribution in [-0.4, -0.2) is 24.6 Å². The maximum atomic E-state index is 12.0. The highest BCUT2D eigenvalue weighted by molar-refractivity contribution is 7.21. The third-order valence-corrected chi connectivity index (χ3v) is 5.61. The number of hydrogen-bond acceptors (Lipinski definition) is 6. The molecule has 0 aliphatic heterocycles. The number of rotatable bonds is 8. The number of esters is 2. The Labute approximate surface area is 174 Å². The van der Waals surface area contributed by atoms with E-state index in [2.05, 4.69) is 17.9 Å². The second kappa shape index (κ2) is 11.0. The average molecular weight is 419 g/mol. The Hall–Kier alpha value is -2.10. The van der Waals surface area contributed by atoms with Gasteiger partial charge in [0.25, 0.3) is 0 Å². The molecule has 150 valence electrons. The number of thiophene rings is 2. The van der Waals surface area contributed by atoms with Gasteiger partial charge in [-0.15, -0.1) is 22.7 Å². The number of hydrogen-bond donors (Lipinski definition) is 0. The van der Waals surface area contributed by atoms with E-state index in [-0.39, 0.29) is 30.4 Å². The van der Waals surface area contributed by atoms with E-state index in [0.29, 0.717) is 12.8 Å². The molecule has 0 aliphatic carbocycles. The third-order valence-electron chi connectivity index (χ3n) is 3.55. The molecule has 2 aromatic rings. The summed E-state index contributed by atoms with van der Waals surface area (Å²) < 4.78 is 10.7. The highest BCUT2D eigenvalue weighted by Gasteiger charge is 2.16.